The molecule has 5 N–H and O–H groups in total. The number of nitrogens with zero attached hydrogens (tertiary/aromatic N) is 3. The van der Waals surface area contributed by atoms with Crippen molar-refractivity contribution in [2.24, 2.45) is 5.73 Å². The molecule has 0 aliphatic rings. The summed E-state index contributed by atoms with van der Waals surface area (Å²) in [6, 6.07) is 8.41. The summed E-state index contributed by atoms with van der Waals surface area (Å²) in [7, 11) is 1.44. The van der Waals surface area contributed by atoms with Crippen molar-refractivity contribution in [3.8, 4) is 0 Å². The number of rotatable bonds is 12. The van der Waals surface area contributed by atoms with E-state index in [0.717, 1.165) is 10.6 Å². The number of hydrogen-bond acceptors (Lipinski definition) is 8. The summed E-state index contributed by atoms with van der Waals surface area (Å²) in [5.74, 6) is -1.27. The van der Waals surface area contributed by atoms with Gasteiger partial charge in [-0.05, 0) is 43.2 Å². The number of fused-ring (bicyclic) bond motifs is 1. The third-order valence-electron chi connectivity index (χ3n) is 5.44. The van der Waals surface area contributed by atoms with Crippen LogP contribution in [0.3, 0.4) is 0 Å². The molecule has 0 bridgehead atoms. The molecule has 1 unspecified atom stereocenters. The van der Waals surface area contributed by atoms with Crippen LogP contribution in [0.1, 0.15) is 18.7 Å². The zero-order valence-corrected chi connectivity index (χ0v) is 21.0. The number of para-hydroxylation sites is 2. The van der Waals surface area contributed by atoms with E-state index in [1.165, 1.54) is 36.1 Å². The summed E-state index contributed by atoms with van der Waals surface area (Å²) in [5.41, 5.74) is 5.17. The SMILES string of the molecule is COCCOC(=O)NC(CCC=CC(N)=O)C(=O)Nc1cccn(Cc2nc3ccccc3n2C(=O)O)c1=O. The zero-order valence-electron chi connectivity index (χ0n) is 21.0. The molecule has 0 saturated heterocycles. The summed E-state index contributed by atoms with van der Waals surface area (Å²) >= 11 is 0. The molecule has 0 fully saturated rings. The molecular weight excluding hydrogens is 512 g/mol. The van der Waals surface area contributed by atoms with Gasteiger partial charge in [0, 0.05) is 13.3 Å². The van der Waals surface area contributed by atoms with Gasteiger partial charge in [-0.1, -0.05) is 18.2 Å². The molecule has 206 valence electrons. The smallest absolute Gasteiger partial charge is 0.417 e. The standard InChI is InChI=1S/C25H28N6O8/c1-38-13-14-39-24(35)29-17(8-3-5-11-20(26)32)22(33)28-18-9-6-12-30(23(18)34)15-21-27-16-7-2-4-10-19(16)31(21)25(36)37/h2,4-7,9-12,17H,3,8,13-15H2,1H3,(H2,26,32)(H,28,33)(H,29,35)(H,36,37). The highest BCUT2D eigenvalue weighted by molar-refractivity contribution is 5.96. The number of carbonyl (C=O) groups is 4. The number of nitrogens with one attached hydrogen (secondary N) is 2. The molecule has 14 heteroatoms. The number of allylic oxidation sites excluding steroid dienone is 1. The van der Waals surface area contributed by atoms with Gasteiger partial charge in [0.15, 0.2) is 0 Å². The van der Waals surface area contributed by atoms with E-state index in [-0.39, 0.29) is 44.1 Å². The molecule has 2 heterocycles. The Balaban J connectivity index is 1.80. The average molecular weight is 541 g/mol. The highest BCUT2D eigenvalue weighted by atomic mass is 16.6. The second kappa shape index (κ2) is 13.5. The predicted octanol–water partition coefficient (Wildman–Crippen LogP) is 1.27. The van der Waals surface area contributed by atoms with Crippen LogP contribution in [-0.2, 0) is 25.6 Å². The largest absolute Gasteiger partial charge is 0.464 e. The summed E-state index contributed by atoms with van der Waals surface area (Å²) in [6.45, 7) is -0.0669. The molecule has 0 spiro atoms. The van der Waals surface area contributed by atoms with E-state index in [0.29, 0.717) is 11.0 Å². The van der Waals surface area contributed by atoms with Crippen molar-refractivity contribution >= 4 is 40.7 Å². The minimum Gasteiger partial charge on any atom is -0.464 e. The zero-order chi connectivity index (χ0) is 28.4. The average Bonchev–Trinajstić information content (AvgIpc) is 3.26. The molecule has 1 aromatic carbocycles. The normalized spacial score (nSPS) is 11.8. The van der Waals surface area contributed by atoms with Gasteiger partial charge >= 0.3 is 12.2 Å². The highest BCUT2D eigenvalue weighted by Crippen LogP contribution is 2.16. The Morgan fingerprint density at radius 1 is 1.15 bits per heavy atom. The number of anilines is 1. The molecular formula is C25H28N6O8. The first kappa shape index (κ1) is 28.6. The number of amides is 3. The minimum atomic E-state index is -1.26. The number of ether oxygens (including phenoxy) is 2. The number of aromatic nitrogens is 3. The maximum absolute atomic E-state index is 13.1. The van der Waals surface area contributed by atoms with E-state index < -0.39 is 35.6 Å². The summed E-state index contributed by atoms with van der Waals surface area (Å²) < 4.78 is 12.0. The molecule has 39 heavy (non-hydrogen) atoms. The van der Waals surface area contributed by atoms with Crippen LogP contribution in [0.5, 0.6) is 0 Å². The molecule has 3 amide bonds. The lowest BCUT2D eigenvalue weighted by Crippen LogP contribution is -2.45. The van der Waals surface area contributed by atoms with Gasteiger partial charge in [0.1, 0.15) is 24.2 Å². The van der Waals surface area contributed by atoms with Gasteiger partial charge in [-0.15, -0.1) is 0 Å². The van der Waals surface area contributed by atoms with Gasteiger partial charge in [-0.25, -0.2) is 19.1 Å². The van der Waals surface area contributed by atoms with Gasteiger partial charge in [0.2, 0.25) is 11.8 Å². The first-order chi connectivity index (χ1) is 18.7. The van der Waals surface area contributed by atoms with E-state index in [2.05, 4.69) is 15.6 Å². The molecule has 0 radical (unpaired) electrons. The van der Waals surface area contributed by atoms with E-state index in [1.54, 1.807) is 24.3 Å². The maximum atomic E-state index is 13.1. The van der Waals surface area contributed by atoms with Crippen LogP contribution >= 0.6 is 0 Å². The van der Waals surface area contributed by atoms with Crippen molar-refractivity contribution in [3.63, 3.8) is 0 Å². The first-order valence-electron chi connectivity index (χ1n) is 11.8. The summed E-state index contributed by atoms with van der Waals surface area (Å²) in [4.78, 5) is 65.4. The number of alkyl carbamates (subject to hydrolysis) is 1. The fraction of sp³-hybridized carbons (Fsp3) is 0.280. The monoisotopic (exact) mass is 540 g/mol. The third kappa shape index (κ3) is 7.75. The lowest BCUT2D eigenvalue weighted by atomic mass is 10.1. The second-order valence-corrected chi connectivity index (χ2v) is 8.19. The number of nitrogens with two attached hydrogens (primary N) is 1. The molecule has 2 aromatic heterocycles. The Morgan fingerprint density at radius 3 is 2.64 bits per heavy atom. The molecule has 0 aliphatic heterocycles. The molecule has 3 aromatic rings. The van der Waals surface area contributed by atoms with Crippen LogP contribution in [0, 0.1) is 0 Å². The topological polar surface area (TPSA) is 197 Å². The van der Waals surface area contributed by atoms with Crippen molar-refractivity contribution in [2.45, 2.75) is 25.4 Å². The number of carboxylic acid groups (broad SMARTS) is 1. The molecule has 3 rings (SSSR count). The summed E-state index contributed by atoms with van der Waals surface area (Å²) in [5, 5.41) is 14.6. The van der Waals surface area contributed by atoms with Crippen molar-refractivity contribution < 1.29 is 33.8 Å². The van der Waals surface area contributed by atoms with Gasteiger partial charge in [-0.2, -0.15) is 0 Å². The van der Waals surface area contributed by atoms with Crippen molar-refractivity contribution in [3.05, 3.63) is 70.9 Å². The lowest BCUT2D eigenvalue weighted by Gasteiger charge is -2.18. The third-order valence-corrected chi connectivity index (χ3v) is 5.44. The predicted molar refractivity (Wildman–Crippen MR) is 139 cm³/mol. The Hall–Kier alpha value is -4.98. The quantitative estimate of drug-likeness (QED) is 0.193. The Morgan fingerprint density at radius 2 is 1.92 bits per heavy atom. The lowest BCUT2D eigenvalue weighted by molar-refractivity contribution is -0.118. The number of primary amides is 1. The molecule has 0 saturated carbocycles. The van der Waals surface area contributed by atoms with Gasteiger partial charge in [0.05, 0.1) is 24.2 Å². The van der Waals surface area contributed by atoms with Crippen LogP contribution in [0.25, 0.3) is 11.0 Å². The fourth-order valence-corrected chi connectivity index (χ4v) is 3.66. The number of hydrogen-bond donors (Lipinski definition) is 4. The molecule has 0 aliphatic carbocycles. The second-order valence-electron chi connectivity index (χ2n) is 8.19. The maximum Gasteiger partial charge on any atom is 0.417 e. The van der Waals surface area contributed by atoms with Crippen LogP contribution in [-0.4, -0.2) is 69.6 Å². The Labute approximate surface area is 222 Å². The van der Waals surface area contributed by atoms with E-state index in [1.807, 2.05) is 0 Å². The Kier molecular flexibility index (Phi) is 9.92. The van der Waals surface area contributed by atoms with E-state index in [4.69, 9.17) is 15.2 Å². The number of methoxy groups -OCH3 is 1. The van der Waals surface area contributed by atoms with Crippen molar-refractivity contribution in [1.29, 1.82) is 0 Å². The minimum absolute atomic E-state index is 0.0389. The van der Waals surface area contributed by atoms with Gasteiger partial charge in [-0.3, -0.25) is 14.4 Å². The Bertz CT molecular complexity index is 1440. The number of carbonyl (C=O) groups excluding carboxylic acids is 3. The number of imidazole rings is 1. The van der Waals surface area contributed by atoms with Crippen LogP contribution in [0.2, 0.25) is 0 Å². The fourth-order valence-electron chi connectivity index (χ4n) is 3.66. The van der Waals surface area contributed by atoms with Crippen LogP contribution < -0.4 is 21.9 Å². The van der Waals surface area contributed by atoms with Gasteiger partial charge in [0.25, 0.3) is 5.56 Å². The summed E-state index contributed by atoms with van der Waals surface area (Å²) in [6.07, 6.45) is 2.16. The van der Waals surface area contributed by atoms with E-state index >= 15 is 0 Å². The van der Waals surface area contributed by atoms with Gasteiger partial charge < -0.3 is 35.5 Å². The van der Waals surface area contributed by atoms with Crippen molar-refractivity contribution in [2.75, 3.05) is 25.6 Å². The van der Waals surface area contributed by atoms with Crippen LogP contribution in [0.4, 0.5) is 15.3 Å². The molecule has 1 atom stereocenters. The number of pyridine rings is 1. The van der Waals surface area contributed by atoms with E-state index in [9.17, 15) is 29.1 Å². The first-order valence-corrected chi connectivity index (χ1v) is 11.8. The van der Waals surface area contributed by atoms with Crippen LogP contribution in [0.15, 0.2) is 59.5 Å². The highest BCUT2D eigenvalue weighted by Gasteiger charge is 2.23. The number of benzene rings is 1. The molecule has 14 nitrogen and oxygen atoms in total. The van der Waals surface area contributed by atoms with Crippen molar-refractivity contribution in [1.82, 2.24) is 19.4 Å².